The van der Waals surface area contributed by atoms with Gasteiger partial charge in [0.2, 0.25) is 5.91 Å². The molecule has 0 radical (unpaired) electrons. The molecule has 1 fully saturated rings. The zero-order valence-electron chi connectivity index (χ0n) is 16.7. The molecule has 30 heavy (non-hydrogen) atoms. The van der Waals surface area contributed by atoms with Crippen LogP contribution in [0.25, 0.3) is 21.9 Å². The Bertz CT molecular complexity index is 1100. The number of rotatable bonds is 5. The van der Waals surface area contributed by atoms with E-state index in [0.29, 0.717) is 18.7 Å². The topological polar surface area (TPSA) is 89.2 Å². The van der Waals surface area contributed by atoms with Crippen molar-refractivity contribution in [3.05, 3.63) is 60.4 Å². The lowest BCUT2D eigenvalue weighted by Crippen LogP contribution is -2.42. The van der Waals surface area contributed by atoms with Gasteiger partial charge in [-0.25, -0.2) is 0 Å². The molecular weight excluding hydrogens is 376 g/mol. The predicted octanol–water partition coefficient (Wildman–Crippen LogP) is 3.56. The minimum absolute atomic E-state index is 0.0185. The maximum absolute atomic E-state index is 12.0. The highest BCUT2D eigenvalue weighted by molar-refractivity contribution is 5.97. The highest BCUT2D eigenvalue weighted by Crippen LogP contribution is 2.32. The van der Waals surface area contributed by atoms with Crippen LogP contribution in [0, 0.1) is 11.3 Å². The van der Waals surface area contributed by atoms with Crippen LogP contribution in [-0.4, -0.2) is 46.6 Å². The zero-order valence-corrected chi connectivity index (χ0v) is 16.7. The number of pyridine rings is 1. The van der Waals surface area contributed by atoms with Crippen LogP contribution in [0.1, 0.15) is 24.8 Å². The second kappa shape index (κ2) is 8.93. The number of aliphatic hydroxyl groups is 1. The van der Waals surface area contributed by atoms with E-state index in [1.807, 2.05) is 35.4 Å². The number of aromatic nitrogens is 1. The smallest absolute Gasteiger partial charge is 0.224 e. The van der Waals surface area contributed by atoms with Gasteiger partial charge in [-0.05, 0) is 59.7 Å². The summed E-state index contributed by atoms with van der Waals surface area (Å²) in [4.78, 5) is 18.1. The third-order valence-corrected chi connectivity index (χ3v) is 5.61. The molecule has 1 aliphatic heterocycles. The van der Waals surface area contributed by atoms with Crippen LogP contribution in [0.4, 0.5) is 5.69 Å². The maximum atomic E-state index is 12.0. The average Bonchev–Trinajstić information content (AvgIpc) is 2.79. The number of anilines is 1. The number of amides is 1. The Labute approximate surface area is 175 Å². The molecule has 0 unspecified atom stereocenters. The molecule has 1 saturated heterocycles. The van der Waals surface area contributed by atoms with Crippen molar-refractivity contribution in [2.45, 2.75) is 25.3 Å². The second-order valence-corrected chi connectivity index (χ2v) is 7.59. The van der Waals surface area contributed by atoms with E-state index in [1.165, 1.54) is 0 Å². The molecule has 0 spiro atoms. The van der Waals surface area contributed by atoms with Crippen molar-refractivity contribution in [3.63, 3.8) is 0 Å². The molecule has 152 valence electrons. The predicted molar refractivity (Wildman–Crippen MR) is 117 cm³/mol. The molecule has 2 aromatic carbocycles. The zero-order chi connectivity index (χ0) is 20.9. The summed E-state index contributed by atoms with van der Waals surface area (Å²) >= 11 is 0. The molecular formula is C24H24N4O2. The molecule has 0 bridgehead atoms. The van der Waals surface area contributed by atoms with Gasteiger partial charge in [-0.15, -0.1) is 0 Å². The molecule has 6 heteroatoms. The van der Waals surface area contributed by atoms with E-state index in [-0.39, 0.29) is 25.0 Å². The van der Waals surface area contributed by atoms with E-state index in [2.05, 4.69) is 28.5 Å². The van der Waals surface area contributed by atoms with E-state index in [9.17, 15) is 10.1 Å². The first kappa shape index (κ1) is 19.9. The lowest BCUT2D eigenvalue weighted by Gasteiger charge is -2.33. The van der Waals surface area contributed by atoms with Crippen LogP contribution in [0.5, 0.6) is 0 Å². The molecule has 2 N–H and O–H groups in total. The Hall–Kier alpha value is -3.43. The van der Waals surface area contributed by atoms with Gasteiger partial charge in [-0.3, -0.25) is 9.78 Å². The van der Waals surface area contributed by atoms with Crippen molar-refractivity contribution in [2.24, 2.45) is 0 Å². The van der Waals surface area contributed by atoms with E-state index < -0.39 is 0 Å². The molecule has 0 aliphatic carbocycles. The highest BCUT2D eigenvalue weighted by Gasteiger charge is 2.23. The molecule has 1 aliphatic rings. The van der Waals surface area contributed by atoms with Crippen LogP contribution in [0.3, 0.4) is 0 Å². The van der Waals surface area contributed by atoms with Gasteiger partial charge < -0.3 is 15.3 Å². The molecule has 0 atom stereocenters. The minimum Gasteiger partial charge on any atom is -0.396 e. The van der Waals surface area contributed by atoms with Crippen LogP contribution >= 0.6 is 0 Å². The van der Waals surface area contributed by atoms with Gasteiger partial charge in [0.15, 0.2) is 0 Å². The fourth-order valence-electron chi connectivity index (χ4n) is 4.00. The summed E-state index contributed by atoms with van der Waals surface area (Å²) in [6.45, 7) is 1.28. The van der Waals surface area contributed by atoms with E-state index in [1.54, 1.807) is 12.3 Å². The Kier molecular flexibility index (Phi) is 5.92. The summed E-state index contributed by atoms with van der Waals surface area (Å²) < 4.78 is 0. The Morgan fingerprint density at radius 1 is 1.20 bits per heavy atom. The molecule has 3 aromatic rings. The number of carbonyl (C=O) groups is 1. The number of nitriles is 1. The largest absolute Gasteiger partial charge is 0.396 e. The number of fused-ring (bicyclic) bond motifs is 1. The van der Waals surface area contributed by atoms with Gasteiger partial charge in [0.25, 0.3) is 0 Å². The van der Waals surface area contributed by atoms with Gasteiger partial charge in [0, 0.05) is 49.0 Å². The first-order valence-electron chi connectivity index (χ1n) is 10.2. The van der Waals surface area contributed by atoms with Crippen molar-refractivity contribution in [2.75, 3.05) is 25.0 Å². The summed E-state index contributed by atoms with van der Waals surface area (Å²) in [7, 11) is 0. The molecule has 2 heterocycles. The molecule has 1 aromatic heterocycles. The molecule has 0 saturated carbocycles. The first-order valence-corrected chi connectivity index (χ1v) is 10.2. The number of aliphatic hydroxyl groups excluding tert-OH is 1. The van der Waals surface area contributed by atoms with Crippen molar-refractivity contribution in [1.82, 2.24) is 9.88 Å². The average molecular weight is 400 g/mol. The Balaban J connectivity index is 1.59. The van der Waals surface area contributed by atoms with E-state index in [0.717, 1.165) is 40.4 Å². The number of nitrogens with one attached hydrogen (secondary N) is 1. The van der Waals surface area contributed by atoms with E-state index >= 15 is 0 Å². The quantitative estimate of drug-likeness (QED) is 0.684. The van der Waals surface area contributed by atoms with Crippen LogP contribution in [0.15, 0.2) is 54.9 Å². The summed E-state index contributed by atoms with van der Waals surface area (Å²) in [5.74, 6) is 0.0185. The number of carbonyl (C=O) groups excluding carboxylic acids is 1. The number of hydrogen-bond acceptors (Lipinski definition) is 5. The summed E-state index contributed by atoms with van der Waals surface area (Å²) in [6.07, 6.45) is 5.55. The van der Waals surface area contributed by atoms with Gasteiger partial charge >= 0.3 is 0 Å². The Morgan fingerprint density at radius 2 is 2.03 bits per heavy atom. The standard InChI is InChI=1S/C24H24N4O2/c25-15-17-2-1-3-18(12-17)20-13-19-4-8-26-16-22(19)23(14-20)27-21-5-9-28(10-6-21)24(30)7-11-29/h1-4,8,12-14,16,21,27,29H,5-7,9-11H2. The molecule has 4 rings (SSSR count). The van der Waals surface area contributed by atoms with Gasteiger partial charge in [-0.2, -0.15) is 5.26 Å². The number of nitrogens with zero attached hydrogens (tertiary/aromatic N) is 3. The lowest BCUT2D eigenvalue weighted by molar-refractivity contribution is -0.132. The molecule has 1 amide bonds. The SMILES string of the molecule is N#Cc1cccc(-c2cc(NC3CCN(C(=O)CCO)CC3)c3cnccc3c2)c1. The number of piperidine rings is 1. The van der Waals surface area contributed by atoms with Gasteiger partial charge in [0.05, 0.1) is 18.2 Å². The summed E-state index contributed by atoms with van der Waals surface area (Å²) in [5, 5.41) is 24.0. The van der Waals surface area contributed by atoms with Crippen molar-refractivity contribution < 1.29 is 9.90 Å². The minimum atomic E-state index is -0.101. The number of benzene rings is 2. The van der Waals surface area contributed by atoms with Crippen LogP contribution in [-0.2, 0) is 4.79 Å². The van der Waals surface area contributed by atoms with Crippen LogP contribution < -0.4 is 5.32 Å². The lowest BCUT2D eigenvalue weighted by atomic mass is 9.98. The normalized spacial score (nSPS) is 14.5. The van der Waals surface area contributed by atoms with E-state index in [4.69, 9.17) is 5.11 Å². The fourth-order valence-corrected chi connectivity index (χ4v) is 4.00. The third kappa shape index (κ3) is 4.27. The van der Waals surface area contributed by atoms with Crippen molar-refractivity contribution in [3.8, 4) is 17.2 Å². The highest BCUT2D eigenvalue weighted by atomic mass is 16.3. The summed E-state index contributed by atoms with van der Waals surface area (Å²) in [6, 6.07) is 16.3. The fraction of sp³-hybridized carbons (Fsp3) is 0.292. The maximum Gasteiger partial charge on any atom is 0.224 e. The third-order valence-electron chi connectivity index (χ3n) is 5.61. The second-order valence-electron chi connectivity index (χ2n) is 7.59. The molecule has 6 nitrogen and oxygen atoms in total. The Morgan fingerprint density at radius 3 is 2.80 bits per heavy atom. The number of likely N-dealkylation sites (tertiary alicyclic amines) is 1. The number of hydrogen-bond donors (Lipinski definition) is 2. The van der Waals surface area contributed by atoms with Crippen molar-refractivity contribution in [1.29, 1.82) is 5.26 Å². The van der Waals surface area contributed by atoms with Crippen molar-refractivity contribution >= 4 is 22.4 Å². The van der Waals surface area contributed by atoms with Gasteiger partial charge in [-0.1, -0.05) is 12.1 Å². The summed E-state index contributed by atoms with van der Waals surface area (Å²) in [5.41, 5.74) is 3.69. The van der Waals surface area contributed by atoms with Crippen LogP contribution in [0.2, 0.25) is 0 Å². The monoisotopic (exact) mass is 400 g/mol. The first-order chi connectivity index (χ1) is 14.7. The van der Waals surface area contributed by atoms with Gasteiger partial charge in [0.1, 0.15) is 0 Å².